The first kappa shape index (κ1) is 17.2. The monoisotopic (exact) mass is 343 g/mol. The number of nitrogens with zero attached hydrogens (tertiary/aromatic N) is 6. The first-order valence-electron chi connectivity index (χ1n) is 8.71. The van der Waals surface area contributed by atoms with Crippen molar-refractivity contribution >= 4 is 17.7 Å². The summed E-state index contributed by atoms with van der Waals surface area (Å²) in [4.78, 5) is 25.8. The van der Waals surface area contributed by atoms with Crippen molar-refractivity contribution in [2.45, 2.75) is 26.8 Å². The van der Waals surface area contributed by atoms with Gasteiger partial charge in [-0.1, -0.05) is 0 Å². The van der Waals surface area contributed by atoms with Crippen LogP contribution < -0.4 is 10.2 Å². The smallest absolute Gasteiger partial charge is 0.247 e. The van der Waals surface area contributed by atoms with E-state index in [1.54, 1.807) is 10.9 Å². The van der Waals surface area contributed by atoms with Gasteiger partial charge in [-0.3, -0.25) is 9.48 Å². The summed E-state index contributed by atoms with van der Waals surface area (Å²) in [7, 11) is 0. The molecule has 0 aromatic carbocycles. The van der Waals surface area contributed by atoms with E-state index in [4.69, 9.17) is 0 Å². The molecule has 25 heavy (non-hydrogen) atoms. The minimum Gasteiger partial charge on any atom is -0.370 e. The van der Waals surface area contributed by atoms with E-state index < -0.39 is 0 Å². The van der Waals surface area contributed by atoms with Gasteiger partial charge >= 0.3 is 0 Å². The fraction of sp³-hybridized carbons (Fsp3) is 0.529. The summed E-state index contributed by atoms with van der Waals surface area (Å²) in [6.45, 7) is 9.51. The van der Waals surface area contributed by atoms with E-state index in [1.807, 2.05) is 44.0 Å². The lowest BCUT2D eigenvalue weighted by atomic mass is 10.2. The highest BCUT2D eigenvalue weighted by atomic mass is 16.2. The molecule has 134 valence electrons. The number of aryl methyl sites for hydroxylation is 1. The van der Waals surface area contributed by atoms with Crippen molar-refractivity contribution in [1.29, 1.82) is 0 Å². The Morgan fingerprint density at radius 3 is 2.68 bits per heavy atom. The number of anilines is 2. The quantitative estimate of drug-likeness (QED) is 0.882. The molecule has 0 aliphatic carbocycles. The van der Waals surface area contributed by atoms with Gasteiger partial charge in [0.25, 0.3) is 0 Å². The zero-order valence-corrected chi connectivity index (χ0v) is 15.0. The molecule has 8 heteroatoms. The Morgan fingerprint density at radius 1 is 1.28 bits per heavy atom. The van der Waals surface area contributed by atoms with Crippen molar-refractivity contribution in [3.05, 3.63) is 30.2 Å². The highest BCUT2D eigenvalue weighted by molar-refractivity contribution is 5.80. The summed E-state index contributed by atoms with van der Waals surface area (Å²) < 4.78 is 1.70. The fourth-order valence-electron chi connectivity index (χ4n) is 2.98. The second-order valence-corrected chi connectivity index (χ2v) is 6.20. The lowest BCUT2D eigenvalue weighted by Crippen LogP contribution is -2.50. The number of carbonyl (C=O) groups excluding carboxylic acids is 1. The molecule has 1 fully saturated rings. The molecule has 0 spiro atoms. The minimum atomic E-state index is -0.280. The van der Waals surface area contributed by atoms with Gasteiger partial charge in [0, 0.05) is 56.9 Å². The first-order chi connectivity index (χ1) is 12.1. The van der Waals surface area contributed by atoms with Gasteiger partial charge in [-0.2, -0.15) is 10.1 Å². The highest BCUT2D eigenvalue weighted by Crippen LogP contribution is 2.17. The van der Waals surface area contributed by atoms with Gasteiger partial charge in [0.15, 0.2) is 0 Å². The molecule has 3 heterocycles. The van der Waals surface area contributed by atoms with Crippen LogP contribution in [0, 0.1) is 6.92 Å². The van der Waals surface area contributed by atoms with Crippen LogP contribution in [-0.2, 0) is 4.79 Å². The van der Waals surface area contributed by atoms with Crippen LogP contribution in [0.2, 0.25) is 0 Å². The molecule has 0 bridgehead atoms. The van der Waals surface area contributed by atoms with Crippen molar-refractivity contribution in [2.24, 2.45) is 0 Å². The second-order valence-electron chi connectivity index (χ2n) is 6.20. The van der Waals surface area contributed by atoms with E-state index in [0.717, 1.165) is 37.1 Å². The second kappa shape index (κ2) is 7.50. The van der Waals surface area contributed by atoms with E-state index in [-0.39, 0.29) is 11.9 Å². The van der Waals surface area contributed by atoms with Crippen molar-refractivity contribution in [3.63, 3.8) is 0 Å². The number of aromatic nitrogens is 4. The maximum Gasteiger partial charge on any atom is 0.247 e. The van der Waals surface area contributed by atoms with Gasteiger partial charge in [0.1, 0.15) is 11.9 Å². The molecule has 1 aliphatic heterocycles. The molecule has 3 rings (SSSR count). The summed E-state index contributed by atoms with van der Waals surface area (Å²) in [5.41, 5.74) is 0.937. The van der Waals surface area contributed by atoms with Gasteiger partial charge in [-0.15, -0.1) is 0 Å². The largest absolute Gasteiger partial charge is 0.370 e. The maximum absolute atomic E-state index is 12.6. The molecule has 1 unspecified atom stereocenters. The van der Waals surface area contributed by atoms with E-state index in [2.05, 4.69) is 25.3 Å². The average molecular weight is 343 g/mol. The van der Waals surface area contributed by atoms with Crippen molar-refractivity contribution in [3.8, 4) is 0 Å². The molecular formula is C17H25N7O. The Hall–Kier alpha value is -2.64. The number of rotatable bonds is 5. The average Bonchev–Trinajstić information content (AvgIpc) is 3.15. The fourth-order valence-corrected chi connectivity index (χ4v) is 2.98. The maximum atomic E-state index is 12.6. The summed E-state index contributed by atoms with van der Waals surface area (Å²) in [5, 5.41) is 7.40. The SMILES string of the molecule is CCNc1cc(C)nc(N2CCN(C(=O)C(C)n3cccn3)CC2)n1. The van der Waals surface area contributed by atoms with E-state index in [0.29, 0.717) is 13.1 Å². The Morgan fingerprint density at radius 2 is 2.04 bits per heavy atom. The summed E-state index contributed by atoms with van der Waals surface area (Å²) >= 11 is 0. The van der Waals surface area contributed by atoms with Crippen LogP contribution in [0.5, 0.6) is 0 Å². The third-order valence-corrected chi connectivity index (χ3v) is 4.35. The number of nitrogens with one attached hydrogen (secondary N) is 1. The van der Waals surface area contributed by atoms with Gasteiger partial charge in [0.2, 0.25) is 11.9 Å². The number of piperazine rings is 1. The summed E-state index contributed by atoms with van der Waals surface area (Å²) in [5.74, 6) is 1.67. The number of hydrogen-bond acceptors (Lipinski definition) is 6. The summed E-state index contributed by atoms with van der Waals surface area (Å²) in [6.07, 6.45) is 3.51. The van der Waals surface area contributed by atoms with Gasteiger partial charge < -0.3 is 15.1 Å². The van der Waals surface area contributed by atoms with Crippen LogP contribution in [0.1, 0.15) is 25.6 Å². The summed E-state index contributed by atoms with van der Waals surface area (Å²) in [6, 6.07) is 3.49. The van der Waals surface area contributed by atoms with E-state index in [9.17, 15) is 4.79 Å². The third kappa shape index (κ3) is 3.89. The Labute approximate surface area is 147 Å². The van der Waals surface area contributed by atoms with Crippen LogP contribution in [0.3, 0.4) is 0 Å². The number of amides is 1. The number of hydrogen-bond donors (Lipinski definition) is 1. The van der Waals surface area contributed by atoms with Crippen LogP contribution in [0.15, 0.2) is 24.5 Å². The van der Waals surface area contributed by atoms with E-state index in [1.165, 1.54) is 0 Å². The molecule has 1 N–H and O–H groups in total. The Bertz CT molecular complexity index is 708. The molecule has 1 amide bonds. The first-order valence-corrected chi connectivity index (χ1v) is 8.71. The van der Waals surface area contributed by atoms with Crippen LogP contribution in [0.4, 0.5) is 11.8 Å². The van der Waals surface area contributed by atoms with Crippen molar-refractivity contribution < 1.29 is 4.79 Å². The van der Waals surface area contributed by atoms with Crippen molar-refractivity contribution in [2.75, 3.05) is 42.9 Å². The molecule has 1 atom stereocenters. The van der Waals surface area contributed by atoms with Crippen LogP contribution in [-0.4, -0.2) is 63.3 Å². The molecule has 0 radical (unpaired) electrons. The van der Waals surface area contributed by atoms with Crippen LogP contribution in [0.25, 0.3) is 0 Å². The zero-order valence-electron chi connectivity index (χ0n) is 15.0. The molecule has 1 saturated heterocycles. The molecule has 1 aliphatic rings. The van der Waals surface area contributed by atoms with Crippen LogP contribution >= 0.6 is 0 Å². The van der Waals surface area contributed by atoms with Gasteiger partial charge in [0.05, 0.1) is 0 Å². The molecule has 8 nitrogen and oxygen atoms in total. The van der Waals surface area contributed by atoms with Gasteiger partial charge in [-0.05, 0) is 26.8 Å². The Kier molecular flexibility index (Phi) is 5.16. The predicted molar refractivity (Wildman–Crippen MR) is 96.7 cm³/mol. The standard InChI is InChI=1S/C17H25N7O/c1-4-18-15-12-13(2)20-17(21-15)23-10-8-22(9-11-23)16(25)14(3)24-7-5-6-19-24/h5-7,12,14H,4,8-11H2,1-3H3,(H,18,20,21). The zero-order chi connectivity index (χ0) is 17.8. The normalized spacial score (nSPS) is 16.0. The lowest BCUT2D eigenvalue weighted by molar-refractivity contribution is -0.134. The van der Waals surface area contributed by atoms with Crippen molar-refractivity contribution in [1.82, 2.24) is 24.6 Å². The van der Waals surface area contributed by atoms with E-state index >= 15 is 0 Å². The third-order valence-electron chi connectivity index (χ3n) is 4.35. The molecule has 2 aromatic heterocycles. The molecule has 2 aromatic rings. The Balaban J connectivity index is 1.63. The predicted octanol–water partition coefficient (Wildman–Crippen LogP) is 1.32. The number of carbonyl (C=O) groups is 1. The highest BCUT2D eigenvalue weighted by Gasteiger charge is 2.27. The van der Waals surface area contributed by atoms with Gasteiger partial charge in [-0.25, -0.2) is 4.98 Å². The lowest BCUT2D eigenvalue weighted by Gasteiger charge is -2.36. The molecular weight excluding hydrogens is 318 g/mol. The topological polar surface area (TPSA) is 79.2 Å². The minimum absolute atomic E-state index is 0.0989. The molecule has 0 saturated carbocycles.